The van der Waals surface area contributed by atoms with Crippen LogP contribution in [-0.4, -0.2) is 43.6 Å². The molecule has 0 aromatic heterocycles. The molecule has 1 heterocycles. The van der Waals surface area contributed by atoms with Crippen LogP contribution in [-0.2, 0) is 19.1 Å². The number of aryl methyl sites for hydroxylation is 1. The summed E-state index contributed by atoms with van der Waals surface area (Å²) in [6.07, 6.45) is 0. The Morgan fingerprint density at radius 1 is 0.829 bits per heavy atom. The van der Waals surface area contributed by atoms with Crippen LogP contribution in [0.1, 0.15) is 39.0 Å². The highest BCUT2D eigenvalue weighted by atomic mass is 16.5. The van der Waals surface area contributed by atoms with E-state index in [-0.39, 0.29) is 0 Å². The van der Waals surface area contributed by atoms with Crippen LogP contribution in [0.3, 0.4) is 0 Å². The summed E-state index contributed by atoms with van der Waals surface area (Å²) in [6, 6.07) is 23.6. The molecule has 180 valence electrons. The number of ether oxygens (including phenoxy) is 2. The average Bonchev–Trinajstić information content (AvgIpc) is 3.24. The van der Waals surface area contributed by atoms with E-state index in [0.717, 1.165) is 11.1 Å². The lowest BCUT2D eigenvalue weighted by atomic mass is 9.72. The number of hydrogen-bond acceptors (Lipinski definition) is 6. The van der Waals surface area contributed by atoms with Gasteiger partial charge in [0.2, 0.25) is 0 Å². The fourth-order valence-electron chi connectivity index (χ4n) is 5.01. The summed E-state index contributed by atoms with van der Waals surface area (Å²) in [6.45, 7) is 1.92. The molecule has 4 unspecified atom stereocenters. The lowest BCUT2D eigenvalue weighted by Crippen LogP contribution is -2.61. The Hall–Kier alpha value is -3.97. The van der Waals surface area contributed by atoms with E-state index in [1.54, 1.807) is 30.3 Å². The van der Waals surface area contributed by atoms with Gasteiger partial charge in [-0.25, -0.2) is 4.79 Å². The molecule has 3 aromatic rings. The van der Waals surface area contributed by atoms with Crippen LogP contribution in [0.25, 0.3) is 0 Å². The first-order valence-electron chi connectivity index (χ1n) is 11.3. The van der Waals surface area contributed by atoms with Gasteiger partial charge in [-0.05, 0) is 35.7 Å². The molecule has 2 N–H and O–H groups in total. The van der Waals surface area contributed by atoms with E-state index in [0.29, 0.717) is 11.1 Å². The molecule has 4 atom stereocenters. The Morgan fingerprint density at radius 3 is 2.03 bits per heavy atom. The summed E-state index contributed by atoms with van der Waals surface area (Å²) in [5.41, 5.74) is 1.06. The van der Waals surface area contributed by atoms with Crippen molar-refractivity contribution in [1.82, 2.24) is 10.6 Å². The van der Waals surface area contributed by atoms with Gasteiger partial charge in [-0.1, -0.05) is 72.8 Å². The van der Waals surface area contributed by atoms with Crippen LogP contribution in [0.2, 0.25) is 0 Å². The van der Waals surface area contributed by atoms with Gasteiger partial charge in [0, 0.05) is 11.5 Å². The molecule has 1 fully saturated rings. The number of hydrogen-bond donors (Lipinski definition) is 2. The first-order valence-corrected chi connectivity index (χ1v) is 11.3. The minimum Gasteiger partial charge on any atom is -0.468 e. The molecular formula is C28H28N2O5. The summed E-state index contributed by atoms with van der Waals surface area (Å²) in [7, 11) is 2.58. The summed E-state index contributed by atoms with van der Waals surface area (Å²) < 4.78 is 10.5. The van der Waals surface area contributed by atoms with Crippen molar-refractivity contribution in [1.29, 1.82) is 0 Å². The first-order chi connectivity index (χ1) is 16.9. The number of nitrogens with one attached hydrogen (secondary N) is 2. The number of carbonyl (C=O) groups is 3. The van der Waals surface area contributed by atoms with Gasteiger partial charge < -0.3 is 14.8 Å². The zero-order chi connectivity index (χ0) is 25.0. The SMILES string of the molecule is COC(=O)C1NC(c2ccccc2C)C(NC(=O)c2ccccc2)(C(=O)OC)C1c1ccccc1. The van der Waals surface area contributed by atoms with Crippen LogP contribution in [0, 0.1) is 6.92 Å². The lowest BCUT2D eigenvalue weighted by Gasteiger charge is -2.38. The van der Waals surface area contributed by atoms with Crippen molar-refractivity contribution in [2.24, 2.45) is 0 Å². The van der Waals surface area contributed by atoms with Gasteiger partial charge >= 0.3 is 11.9 Å². The Morgan fingerprint density at radius 2 is 1.43 bits per heavy atom. The van der Waals surface area contributed by atoms with Crippen LogP contribution < -0.4 is 10.6 Å². The maximum atomic E-state index is 13.8. The minimum absolute atomic E-state index is 0.382. The molecule has 7 heteroatoms. The second kappa shape index (κ2) is 10.1. The fourth-order valence-corrected chi connectivity index (χ4v) is 5.01. The first kappa shape index (κ1) is 24.2. The molecule has 1 aliphatic rings. The highest BCUT2D eigenvalue weighted by Gasteiger charge is 2.64. The predicted molar refractivity (Wildman–Crippen MR) is 131 cm³/mol. The zero-order valence-electron chi connectivity index (χ0n) is 19.9. The Balaban J connectivity index is 1.99. The molecule has 0 saturated carbocycles. The van der Waals surface area contributed by atoms with E-state index < -0.39 is 41.4 Å². The van der Waals surface area contributed by atoms with Gasteiger partial charge in [0.25, 0.3) is 5.91 Å². The van der Waals surface area contributed by atoms with E-state index in [4.69, 9.17) is 9.47 Å². The number of methoxy groups -OCH3 is 2. The van der Waals surface area contributed by atoms with E-state index in [2.05, 4.69) is 10.6 Å². The minimum atomic E-state index is -1.66. The average molecular weight is 473 g/mol. The Bertz CT molecular complexity index is 1210. The van der Waals surface area contributed by atoms with E-state index >= 15 is 0 Å². The molecule has 7 nitrogen and oxygen atoms in total. The van der Waals surface area contributed by atoms with Crippen molar-refractivity contribution in [2.45, 2.75) is 30.5 Å². The van der Waals surface area contributed by atoms with Crippen molar-refractivity contribution in [3.8, 4) is 0 Å². The molecule has 1 saturated heterocycles. The molecule has 3 aromatic carbocycles. The van der Waals surface area contributed by atoms with Gasteiger partial charge in [-0.3, -0.25) is 14.9 Å². The van der Waals surface area contributed by atoms with Crippen molar-refractivity contribution < 1.29 is 23.9 Å². The number of esters is 2. The highest BCUT2D eigenvalue weighted by molar-refractivity contribution is 6.00. The standard InChI is InChI=1S/C28H28N2O5/c1-18-12-10-11-17-21(18)24-28(27(33)35-3,30-25(31)20-15-8-5-9-16-20)22(19-13-6-4-7-14-19)23(29-24)26(32)34-2/h4-17,22-24,29H,1-3H3,(H,30,31). The van der Waals surface area contributed by atoms with Gasteiger partial charge in [-0.15, -0.1) is 0 Å². The number of benzene rings is 3. The van der Waals surface area contributed by atoms with Gasteiger partial charge in [0.15, 0.2) is 5.54 Å². The smallest absolute Gasteiger partial charge is 0.334 e. The van der Waals surface area contributed by atoms with Crippen LogP contribution in [0.4, 0.5) is 0 Å². The van der Waals surface area contributed by atoms with Gasteiger partial charge in [-0.2, -0.15) is 0 Å². The Labute approximate surface area is 204 Å². The van der Waals surface area contributed by atoms with Gasteiger partial charge in [0.05, 0.1) is 20.3 Å². The summed E-state index contributed by atoms with van der Waals surface area (Å²) in [5, 5.41) is 6.33. The number of amides is 1. The molecule has 1 aliphatic heterocycles. The topological polar surface area (TPSA) is 93.7 Å². The lowest BCUT2D eigenvalue weighted by molar-refractivity contribution is -0.150. The second-order valence-corrected chi connectivity index (χ2v) is 8.53. The molecule has 35 heavy (non-hydrogen) atoms. The third-order valence-electron chi connectivity index (χ3n) is 6.62. The largest absolute Gasteiger partial charge is 0.468 e. The zero-order valence-corrected chi connectivity index (χ0v) is 19.9. The van der Waals surface area contributed by atoms with Crippen molar-refractivity contribution in [3.63, 3.8) is 0 Å². The van der Waals surface area contributed by atoms with Crippen molar-refractivity contribution >= 4 is 17.8 Å². The van der Waals surface area contributed by atoms with Gasteiger partial charge in [0.1, 0.15) is 6.04 Å². The molecule has 0 spiro atoms. The fraction of sp³-hybridized carbons (Fsp3) is 0.250. The van der Waals surface area contributed by atoms with Crippen LogP contribution >= 0.6 is 0 Å². The monoisotopic (exact) mass is 472 g/mol. The molecular weight excluding hydrogens is 444 g/mol. The molecule has 0 aliphatic carbocycles. The van der Waals surface area contributed by atoms with Crippen molar-refractivity contribution in [3.05, 3.63) is 107 Å². The molecule has 0 radical (unpaired) electrons. The third kappa shape index (κ3) is 4.31. The normalized spacial score (nSPS) is 23.3. The highest BCUT2D eigenvalue weighted by Crippen LogP contribution is 2.48. The van der Waals surface area contributed by atoms with E-state index in [9.17, 15) is 14.4 Å². The molecule has 4 rings (SSSR count). The maximum Gasteiger partial charge on any atom is 0.334 e. The number of rotatable bonds is 6. The van der Waals surface area contributed by atoms with E-state index in [1.165, 1.54) is 14.2 Å². The third-order valence-corrected chi connectivity index (χ3v) is 6.62. The summed E-state index contributed by atoms with van der Waals surface area (Å²) >= 11 is 0. The quantitative estimate of drug-likeness (QED) is 0.535. The maximum absolute atomic E-state index is 13.8. The van der Waals surface area contributed by atoms with Crippen LogP contribution in [0.5, 0.6) is 0 Å². The predicted octanol–water partition coefficient (Wildman–Crippen LogP) is 3.31. The molecule has 1 amide bonds. The van der Waals surface area contributed by atoms with E-state index in [1.807, 2.05) is 61.5 Å². The number of carbonyl (C=O) groups excluding carboxylic acids is 3. The summed E-state index contributed by atoms with van der Waals surface area (Å²) in [5.74, 6) is -2.48. The Kier molecular flexibility index (Phi) is 6.98. The summed E-state index contributed by atoms with van der Waals surface area (Å²) in [4.78, 5) is 40.4. The van der Waals surface area contributed by atoms with Crippen LogP contribution in [0.15, 0.2) is 84.9 Å². The van der Waals surface area contributed by atoms with Crippen molar-refractivity contribution in [2.75, 3.05) is 14.2 Å². The molecule has 0 bridgehead atoms. The second-order valence-electron chi connectivity index (χ2n) is 8.53.